The second-order valence-corrected chi connectivity index (χ2v) is 30.9. The van der Waals surface area contributed by atoms with Crippen LogP contribution in [0.1, 0.15) is 388 Å². The minimum atomic E-state index is -4.96. The van der Waals surface area contributed by atoms with Gasteiger partial charge in [0.1, 0.15) is 19.3 Å². The molecule has 0 aromatic carbocycles. The zero-order valence-electron chi connectivity index (χ0n) is 61.3. The van der Waals surface area contributed by atoms with Gasteiger partial charge in [-0.1, -0.05) is 337 Å². The Morgan fingerprint density at radius 1 is 0.287 bits per heavy atom. The van der Waals surface area contributed by atoms with Gasteiger partial charge in [0.25, 0.3) is 0 Å². The fourth-order valence-corrected chi connectivity index (χ4v) is 13.1. The summed E-state index contributed by atoms with van der Waals surface area (Å²) >= 11 is 0. The highest BCUT2D eigenvalue weighted by Crippen LogP contribution is 2.45. The quantitative estimate of drug-likeness (QED) is 0.0222. The lowest BCUT2D eigenvalue weighted by Gasteiger charge is -2.21. The maximum absolute atomic E-state index is 13.1. The lowest BCUT2D eigenvalue weighted by atomic mass is 10.0. The van der Waals surface area contributed by atoms with E-state index >= 15 is 0 Å². The van der Waals surface area contributed by atoms with Crippen molar-refractivity contribution in [3.8, 4) is 0 Å². The predicted molar refractivity (Wildman–Crippen MR) is 381 cm³/mol. The third-order valence-corrected chi connectivity index (χ3v) is 19.4. The van der Waals surface area contributed by atoms with E-state index in [1.165, 1.54) is 205 Å². The van der Waals surface area contributed by atoms with Crippen LogP contribution in [-0.4, -0.2) is 96.7 Å². The van der Waals surface area contributed by atoms with Gasteiger partial charge in [0.2, 0.25) is 0 Å². The summed E-state index contributed by atoms with van der Waals surface area (Å²) in [4.78, 5) is 72.8. The van der Waals surface area contributed by atoms with E-state index in [1.807, 2.05) is 0 Å². The van der Waals surface area contributed by atoms with Crippen molar-refractivity contribution in [2.75, 3.05) is 39.6 Å². The summed E-state index contributed by atoms with van der Waals surface area (Å²) in [5.74, 6) is -0.549. The summed E-state index contributed by atoms with van der Waals surface area (Å²) < 4.78 is 68.5. The van der Waals surface area contributed by atoms with Crippen LogP contribution in [-0.2, 0) is 65.4 Å². The van der Waals surface area contributed by atoms with Gasteiger partial charge in [-0.15, -0.1) is 0 Å². The number of esters is 4. The van der Waals surface area contributed by atoms with E-state index in [1.54, 1.807) is 0 Å². The van der Waals surface area contributed by atoms with Gasteiger partial charge in [0.15, 0.2) is 12.2 Å². The second-order valence-electron chi connectivity index (χ2n) is 28.0. The van der Waals surface area contributed by atoms with Crippen molar-refractivity contribution in [2.24, 2.45) is 11.8 Å². The summed E-state index contributed by atoms with van der Waals surface area (Å²) in [6, 6.07) is 0. The number of unbranched alkanes of at least 4 members (excludes halogenated alkanes) is 44. The maximum atomic E-state index is 13.1. The van der Waals surface area contributed by atoms with E-state index in [4.69, 9.17) is 37.0 Å². The first-order valence-corrected chi connectivity index (χ1v) is 42.0. The Balaban J connectivity index is 5.25. The molecule has 0 aromatic rings. The zero-order valence-corrected chi connectivity index (χ0v) is 63.1. The molecule has 0 aliphatic heterocycles. The SMILES string of the molecule is CCCCCCCCCCCCCCCC(=O)O[C@H](COC(=O)CCCCCCCCCCCC)COP(=O)(O)OC[C@H](O)COP(=O)(O)OC[C@@H](COC(=O)CCCCCCCCCCCCCC(C)C)OC(=O)CCCCCCCCCCCCCCCCC(C)C. The Kier molecular flexibility index (Phi) is 65.5. The van der Waals surface area contributed by atoms with Crippen molar-refractivity contribution >= 4 is 39.5 Å². The molecule has 19 heteroatoms. The van der Waals surface area contributed by atoms with E-state index in [9.17, 15) is 43.2 Å². The number of phosphoric acid groups is 2. The molecule has 0 saturated carbocycles. The highest BCUT2D eigenvalue weighted by Gasteiger charge is 2.30. The fraction of sp³-hybridized carbons (Fsp3) is 0.947. The van der Waals surface area contributed by atoms with Crippen LogP contribution < -0.4 is 0 Å². The van der Waals surface area contributed by atoms with Crippen molar-refractivity contribution in [3.05, 3.63) is 0 Å². The Hall–Kier alpha value is -1.94. The first-order valence-electron chi connectivity index (χ1n) is 39.0. The molecule has 0 radical (unpaired) electrons. The van der Waals surface area contributed by atoms with Crippen LogP contribution in [0.4, 0.5) is 0 Å². The van der Waals surface area contributed by atoms with Gasteiger partial charge in [-0.2, -0.15) is 0 Å². The van der Waals surface area contributed by atoms with Gasteiger partial charge in [0, 0.05) is 25.7 Å². The summed E-state index contributed by atoms with van der Waals surface area (Å²) in [5, 5.41) is 10.6. The number of hydrogen-bond donors (Lipinski definition) is 3. The average molecular weight is 1380 g/mol. The van der Waals surface area contributed by atoms with E-state index in [0.29, 0.717) is 25.7 Å². The molecule has 2 unspecified atom stereocenters. The minimum Gasteiger partial charge on any atom is -0.462 e. The summed E-state index contributed by atoms with van der Waals surface area (Å²) in [6.07, 6.45) is 53.9. The summed E-state index contributed by atoms with van der Waals surface area (Å²) in [7, 11) is -9.91. The number of ether oxygens (including phenoxy) is 4. The molecule has 0 aromatic heterocycles. The van der Waals surface area contributed by atoms with Crippen LogP contribution in [0.2, 0.25) is 0 Å². The molecule has 0 aliphatic rings. The molecule has 0 rings (SSSR count). The van der Waals surface area contributed by atoms with E-state index in [-0.39, 0.29) is 25.7 Å². The molecule has 0 amide bonds. The smallest absolute Gasteiger partial charge is 0.462 e. The standard InChI is InChI=1S/C75H146O17P2/c1-7-9-11-13-15-17-19-22-28-35-41-47-53-59-74(79)91-70(63-85-72(77)57-51-45-39-33-18-16-14-12-10-8-2)65-89-93(81,82)87-61-69(76)62-88-94(83,84)90-66-71(64-86-73(78)58-52-46-40-34-30-25-27-32-38-44-50-56-68(5)6)92-75(80)60-54-48-42-36-29-24-21-20-23-26-31-37-43-49-55-67(3)4/h67-71,76H,7-66H2,1-6H3,(H,81,82)(H,83,84)/t69-,70+,71+/m0/s1. The molecular formula is C75H146O17P2. The van der Waals surface area contributed by atoms with Crippen molar-refractivity contribution in [1.82, 2.24) is 0 Å². The van der Waals surface area contributed by atoms with Gasteiger partial charge in [-0.05, 0) is 37.5 Å². The number of rotatable bonds is 74. The Labute approximate surface area is 575 Å². The zero-order chi connectivity index (χ0) is 69.3. The first kappa shape index (κ1) is 92.1. The Morgan fingerprint density at radius 3 is 0.723 bits per heavy atom. The Morgan fingerprint density at radius 2 is 0.489 bits per heavy atom. The molecule has 3 N–H and O–H groups in total. The van der Waals surface area contributed by atoms with Crippen LogP contribution in [0.15, 0.2) is 0 Å². The van der Waals surface area contributed by atoms with Crippen LogP contribution in [0, 0.1) is 11.8 Å². The normalized spacial score (nSPS) is 14.0. The van der Waals surface area contributed by atoms with E-state index < -0.39 is 97.5 Å². The molecule has 0 heterocycles. The van der Waals surface area contributed by atoms with Crippen LogP contribution in [0.5, 0.6) is 0 Å². The topological polar surface area (TPSA) is 237 Å². The van der Waals surface area contributed by atoms with Gasteiger partial charge in [0.05, 0.1) is 26.4 Å². The fourth-order valence-electron chi connectivity index (χ4n) is 11.5. The average Bonchev–Trinajstić information content (AvgIpc) is 1.14. The number of carbonyl (C=O) groups excluding carboxylic acids is 4. The van der Waals surface area contributed by atoms with Crippen molar-refractivity contribution < 1.29 is 80.2 Å². The molecule has 0 bridgehead atoms. The third-order valence-electron chi connectivity index (χ3n) is 17.5. The van der Waals surface area contributed by atoms with Gasteiger partial charge in [-0.25, -0.2) is 9.13 Å². The maximum Gasteiger partial charge on any atom is 0.472 e. The number of phosphoric ester groups is 2. The number of carbonyl (C=O) groups is 4. The first-order chi connectivity index (χ1) is 45.4. The molecule has 0 aliphatic carbocycles. The number of hydrogen-bond acceptors (Lipinski definition) is 15. The third kappa shape index (κ3) is 68.6. The van der Waals surface area contributed by atoms with Crippen LogP contribution in [0.3, 0.4) is 0 Å². The summed E-state index contributed by atoms with van der Waals surface area (Å²) in [6.45, 7) is 9.61. The molecule has 0 fully saturated rings. The molecular weight excluding hydrogens is 1230 g/mol. The van der Waals surface area contributed by atoms with Gasteiger partial charge >= 0.3 is 39.5 Å². The van der Waals surface area contributed by atoms with Gasteiger partial charge in [-0.3, -0.25) is 37.3 Å². The molecule has 0 spiro atoms. The number of aliphatic hydroxyl groups is 1. The van der Waals surface area contributed by atoms with Gasteiger partial charge < -0.3 is 33.8 Å². The monoisotopic (exact) mass is 1380 g/mol. The molecule has 558 valence electrons. The van der Waals surface area contributed by atoms with Crippen LogP contribution in [0.25, 0.3) is 0 Å². The molecule has 94 heavy (non-hydrogen) atoms. The lowest BCUT2D eigenvalue weighted by molar-refractivity contribution is -0.161. The number of aliphatic hydroxyl groups excluding tert-OH is 1. The summed E-state index contributed by atoms with van der Waals surface area (Å²) in [5.41, 5.74) is 0. The van der Waals surface area contributed by atoms with Crippen molar-refractivity contribution in [2.45, 2.75) is 407 Å². The predicted octanol–water partition coefficient (Wildman–Crippen LogP) is 21.9. The van der Waals surface area contributed by atoms with E-state index in [2.05, 4.69) is 41.5 Å². The molecule has 5 atom stereocenters. The minimum absolute atomic E-state index is 0.108. The largest absolute Gasteiger partial charge is 0.472 e. The van der Waals surface area contributed by atoms with Crippen molar-refractivity contribution in [3.63, 3.8) is 0 Å². The Bertz CT molecular complexity index is 1820. The lowest BCUT2D eigenvalue weighted by Crippen LogP contribution is -2.30. The van der Waals surface area contributed by atoms with Crippen LogP contribution >= 0.6 is 15.6 Å². The second kappa shape index (κ2) is 66.9. The van der Waals surface area contributed by atoms with E-state index in [0.717, 1.165) is 102 Å². The highest BCUT2D eigenvalue weighted by molar-refractivity contribution is 7.47. The molecule has 0 saturated heterocycles. The molecule has 17 nitrogen and oxygen atoms in total. The highest BCUT2D eigenvalue weighted by atomic mass is 31.2. The van der Waals surface area contributed by atoms with Crippen molar-refractivity contribution in [1.29, 1.82) is 0 Å².